The number of rotatable bonds is 2. The zero-order valence-electron chi connectivity index (χ0n) is 6.92. The molecule has 0 aromatic heterocycles. The lowest BCUT2D eigenvalue weighted by atomic mass is 9.85. The maximum atomic E-state index is 8.60. The molecule has 1 saturated carbocycles. The molecule has 0 unspecified atom stereocenters. The second-order valence-electron chi connectivity index (χ2n) is 3.45. The van der Waals surface area contributed by atoms with Gasteiger partial charge in [-0.15, -0.1) is 0 Å². The molecule has 0 aromatic carbocycles. The molecule has 3 nitrogen and oxygen atoms in total. The van der Waals surface area contributed by atoms with Crippen LogP contribution in [0.3, 0.4) is 0 Å². The van der Waals surface area contributed by atoms with Crippen LogP contribution in [0.2, 0.25) is 0 Å². The van der Waals surface area contributed by atoms with Crippen LogP contribution in [0.1, 0.15) is 39.0 Å². The molecule has 1 aliphatic carbocycles. The van der Waals surface area contributed by atoms with Gasteiger partial charge in [0.25, 0.3) is 0 Å². The largest absolute Gasteiger partial charge is 0.634 e. The third-order valence-corrected chi connectivity index (χ3v) is 2.30. The lowest BCUT2D eigenvalue weighted by Gasteiger charge is -2.33. The highest BCUT2D eigenvalue weighted by Gasteiger charge is 2.31. The smallest absolute Gasteiger partial charge is 0.402 e. The van der Waals surface area contributed by atoms with Gasteiger partial charge in [0.1, 0.15) is 0 Å². The summed E-state index contributed by atoms with van der Waals surface area (Å²) in [7, 11) is -1.61. The van der Waals surface area contributed by atoms with Crippen LogP contribution in [0, 0.1) is 0 Å². The Hall–Kier alpha value is -0.0551. The highest BCUT2D eigenvalue weighted by molar-refractivity contribution is 6.32. The molecule has 1 rings (SSSR count). The first-order valence-corrected chi connectivity index (χ1v) is 4.16. The van der Waals surface area contributed by atoms with E-state index in [1.54, 1.807) is 0 Å². The normalized spacial score (nSPS) is 23.2. The lowest BCUT2D eigenvalue weighted by molar-refractivity contribution is 0.00487. The minimum atomic E-state index is -1.61. The molecule has 1 fully saturated rings. The van der Waals surface area contributed by atoms with E-state index in [9.17, 15) is 0 Å². The minimum absolute atomic E-state index is 0.299. The molecule has 2 N–H and O–H groups in total. The number of hydrogen-bond donors (Lipinski definition) is 2. The van der Waals surface area contributed by atoms with Gasteiger partial charge in [-0.05, 0) is 19.8 Å². The molecule has 64 valence electrons. The maximum absolute atomic E-state index is 8.60. The average Bonchev–Trinajstić information content (AvgIpc) is 1.85. The SMILES string of the molecule is CC1(OB(O)O)CCCCC1. The topological polar surface area (TPSA) is 49.7 Å². The molecule has 0 aliphatic heterocycles. The van der Waals surface area contributed by atoms with Crippen molar-refractivity contribution in [2.75, 3.05) is 0 Å². The summed E-state index contributed by atoms with van der Waals surface area (Å²) in [6, 6.07) is 0. The molecule has 1 aliphatic rings. The Balaban J connectivity index is 2.37. The highest BCUT2D eigenvalue weighted by Crippen LogP contribution is 2.30. The van der Waals surface area contributed by atoms with Gasteiger partial charge in [0.15, 0.2) is 0 Å². The number of hydrogen-bond acceptors (Lipinski definition) is 3. The van der Waals surface area contributed by atoms with Crippen LogP contribution in [0.15, 0.2) is 0 Å². The fraction of sp³-hybridized carbons (Fsp3) is 1.00. The van der Waals surface area contributed by atoms with Crippen molar-refractivity contribution in [2.45, 2.75) is 44.6 Å². The van der Waals surface area contributed by atoms with Gasteiger partial charge in [-0.3, -0.25) is 0 Å². The van der Waals surface area contributed by atoms with E-state index >= 15 is 0 Å². The molecule has 0 amide bonds. The van der Waals surface area contributed by atoms with Crippen LogP contribution in [0.25, 0.3) is 0 Å². The van der Waals surface area contributed by atoms with Crippen LogP contribution in [0.5, 0.6) is 0 Å². The monoisotopic (exact) mass is 158 g/mol. The molecule has 0 heterocycles. The minimum Gasteiger partial charge on any atom is -0.402 e. The van der Waals surface area contributed by atoms with E-state index in [2.05, 4.69) is 0 Å². The molecule has 0 atom stereocenters. The maximum Gasteiger partial charge on any atom is 0.634 e. The summed E-state index contributed by atoms with van der Waals surface area (Å²) in [5, 5.41) is 17.2. The summed E-state index contributed by atoms with van der Waals surface area (Å²) in [6.45, 7) is 1.94. The fourth-order valence-electron chi connectivity index (χ4n) is 1.67. The van der Waals surface area contributed by atoms with Gasteiger partial charge in [0.05, 0.1) is 5.60 Å². The van der Waals surface area contributed by atoms with E-state index in [-0.39, 0.29) is 5.60 Å². The Kier molecular flexibility index (Phi) is 2.93. The Morgan fingerprint density at radius 3 is 2.18 bits per heavy atom. The van der Waals surface area contributed by atoms with Crippen molar-refractivity contribution >= 4 is 7.32 Å². The Labute approximate surface area is 67.6 Å². The van der Waals surface area contributed by atoms with Crippen molar-refractivity contribution in [3.05, 3.63) is 0 Å². The molecule has 0 saturated heterocycles. The van der Waals surface area contributed by atoms with Crippen molar-refractivity contribution in [1.82, 2.24) is 0 Å². The van der Waals surface area contributed by atoms with E-state index in [0.29, 0.717) is 0 Å². The van der Waals surface area contributed by atoms with E-state index in [0.717, 1.165) is 25.7 Å². The van der Waals surface area contributed by atoms with Gasteiger partial charge in [0.2, 0.25) is 0 Å². The third-order valence-electron chi connectivity index (χ3n) is 2.30. The van der Waals surface area contributed by atoms with Crippen molar-refractivity contribution in [2.24, 2.45) is 0 Å². The Morgan fingerprint density at radius 1 is 1.18 bits per heavy atom. The van der Waals surface area contributed by atoms with Gasteiger partial charge in [-0.1, -0.05) is 19.3 Å². The standard InChI is InChI=1S/C7H15BO3/c1-7(11-8(9)10)5-3-2-4-6-7/h9-10H,2-6H2,1H3. The van der Waals surface area contributed by atoms with Crippen LogP contribution >= 0.6 is 0 Å². The summed E-state index contributed by atoms with van der Waals surface area (Å²) < 4.78 is 4.99. The molecule has 0 aromatic rings. The average molecular weight is 158 g/mol. The van der Waals surface area contributed by atoms with Crippen LogP contribution < -0.4 is 0 Å². The van der Waals surface area contributed by atoms with E-state index < -0.39 is 7.32 Å². The Bertz CT molecular complexity index is 121. The predicted octanol–water partition coefficient (Wildman–Crippen LogP) is 0.695. The first kappa shape index (κ1) is 9.04. The fourth-order valence-corrected chi connectivity index (χ4v) is 1.67. The van der Waals surface area contributed by atoms with E-state index in [1.165, 1.54) is 6.42 Å². The summed E-state index contributed by atoms with van der Waals surface area (Å²) in [6.07, 6.45) is 5.36. The predicted molar refractivity (Wildman–Crippen MR) is 42.8 cm³/mol. The second-order valence-corrected chi connectivity index (χ2v) is 3.45. The molecular formula is C7H15BO3. The summed E-state index contributed by atoms with van der Waals surface area (Å²) in [5.41, 5.74) is -0.299. The van der Waals surface area contributed by atoms with Gasteiger partial charge in [-0.2, -0.15) is 0 Å². The van der Waals surface area contributed by atoms with Crippen molar-refractivity contribution in [3.8, 4) is 0 Å². The zero-order valence-corrected chi connectivity index (χ0v) is 6.92. The zero-order chi connectivity index (χ0) is 8.32. The van der Waals surface area contributed by atoms with Crippen LogP contribution in [-0.4, -0.2) is 23.0 Å². The lowest BCUT2D eigenvalue weighted by Crippen LogP contribution is -2.37. The molecule has 0 spiro atoms. The first-order chi connectivity index (χ1) is 5.12. The molecule has 11 heavy (non-hydrogen) atoms. The second kappa shape index (κ2) is 3.56. The van der Waals surface area contributed by atoms with E-state index in [1.807, 2.05) is 6.92 Å². The van der Waals surface area contributed by atoms with E-state index in [4.69, 9.17) is 14.7 Å². The molecular weight excluding hydrogens is 143 g/mol. The summed E-state index contributed by atoms with van der Waals surface area (Å²) >= 11 is 0. The summed E-state index contributed by atoms with van der Waals surface area (Å²) in [5.74, 6) is 0. The van der Waals surface area contributed by atoms with Gasteiger partial charge in [-0.25, -0.2) is 0 Å². The van der Waals surface area contributed by atoms with Crippen LogP contribution in [0.4, 0.5) is 0 Å². The summed E-state index contributed by atoms with van der Waals surface area (Å²) in [4.78, 5) is 0. The van der Waals surface area contributed by atoms with Crippen molar-refractivity contribution in [3.63, 3.8) is 0 Å². The van der Waals surface area contributed by atoms with Crippen molar-refractivity contribution in [1.29, 1.82) is 0 Å². The van der Waals surface area contributed by atoms with Gasteiger partial charge >= 0.3 is 7.32 Å². The van der Waals surface area contributed by atoms with Gasteiger partial charge in [0, 0.05) is 0 Å². The molecule has 0 bridgehead atoms. The highest BCUT2D eigenvalue weighted by atomic mass is 16.6. The molecule has 4 heteroatoms. The molecule has 0 radical (unpaired) electrons. The quantitative estimate of drug-likeness (QED) is 0.581. The first-order valence-electron chi connectivity index (χ1n) is 4.16. The van der Waals surface area contributed by atoms with Crippen molar-refractivity contribution < 1.29 is 14.7 Å². The third kappa shape index (κ3) is 2.81. The van der Waals surface area contributed by atoms with Gasteiger partial charge < -0.3 is 14.7 Å². The van der Waals surface area contributed by atoms with Crippen LogP contribution in [-0.2, 0) is 4.65 Å². The Morgan fingerprint density at radius 2 is 1.73 bits per heavy atom.